The third-order valence-corrected chi connectivity index (χ3v) is 3.78. The zero-order valence-electron chi connectivity index (χ0n) is 14.5. The van der Waals surface area contributed by atoms with Gasteiger partial charge in [-0.25, -0.2) is 0 Å². The Kier molecular flexibility index (Phi) is 6.74. The Labute approximate surface area is 158 Å². The summed E-state index contributed by atoms with van der Waals surface area (Å²) in [5, 5.41) is 23.0. The molecule has 2 aromatic rings. The van der Waals surface area contributed by atoms with E-state index in [4.69, 9.17) is 5.26 Å². The predicted molar refractivity (Wildman–Crippen MR) is 93.8 cm³/mol. The van der Waals surface area contributed by atoms with Gasteiger partial charge in [-0.3, -0.25) is 9.59 Å². The molecule has 3 N–H and O–H groups in total. The van der Waals surface area contributed by atoms with Crippen LogP contribution in [0, 0.1) is 11.3 Å². The van der Waals surface area contributed by atoms with Crippen molar-refractivity contribution in [3.63, 3.8) is 0 Å². The van der Waals surface area contributed by atoms with Gasteiger partial charge in [-0.1, -0.05) is 30.3 Å². The first-order valence-electron chi connectivity index (χ1n) is 8.11. The molecule has 0 aliphatic heterocycles. The molecule has 2 amide bonds. The molecule has 0 bridgehead atoms. The van der Waals surface area contributed by atoms with Crippen molar-refractivity contribution in [3.05, 3.63) is 65.2 Å². The standard InChI is InChI=1S/C19H16F3N3O3/c20-19(21,22)15-4-2-1-3-14(15)16(26)11-24-17(27)18(28)25-13-7-5-12(6-8-13)9-10-23/h1-8,16,26H,9,11H2,(H,24,27)(H,25,28). The van der Waals surface area contributed by atoms with Gasteiger partial charge in [-0.15, -0.1) is 0 Å². The van der Waals surface area contributed by atoms with Gasteiger partial charge in [0.1, 0.15) is 0 Å². The highest BCUT2D eigenvalue weighted by Gasteiger charge is 2.34. The fourth-order valence-corrected chi connectivity index (χ4v) is 2.41. The van der Waals surface area contributed by atoms with E-state index in [0.29, 0.717) is 5.69 Å². The molecule has 2 rings (SSSR count). The number of nitriles is 1. The number of carbonyl (C=O) groups is 2. The van der Waals surface area contributed by atoms with E-state index in [1.165, 1.54) is 24.3 Å². The molecule has 0 aliphatic carbocycles. The molecule has 0 fully saturated rings. The van der Waals surface area contributed by atoms with Crippen LogP contribution >= 0.6 is 0 Å². The van der Waals surface area contributed by atoms with Gasteiger partial charge in [0.2, 0.25) is 0 Å². The van der Waals surface area contributed by atoms with E-state index in [9.17, 15) is 27.9 Å². The van der Waals surface area contributed by atoms with Crippen molar-refractivity contribution in [1.82, 2.24) is 5.32 Å². The molecule has 1 atom stereocenters. The van der Waals surface area contributed by atoms with Crippen LogP contribution in [0.4, 0.5) is 18.9 Å². The van der Waals surface area contributed by atoms with E-state index in [1.54, 1.807) is 12.1 Å². The topological polar surface area (TPSA) is 102 Å². The van der Waals surface area contributed by atoms with Crippen LogP contribution in [0.1, 0.15) is 22.8 Å². The molecular formula is C19H16F3N3O3. The van der Waals surface area contributed by atoms with Gasteiger partial charge in [0.15, 0.2) is 0 Å². The summed E-state index contributed by atoms with van der Waals surface area (Å²) in [6, 6.07) is 12.6. The molecule has 0 saturated carbocycles. The molecular weight excluding hydrogens is 375 g/mol. The summed E-state index contributed by atoms with van der Waals surface area (Å²) in [4.78, 5) is 23.7. The first-order valence-corrected chi connectivity index (χ1v) is 8.11. The lowest BCUT2D eigenvalue weighted by molar-refractivity contribution is -0.139. The molecule has 0 aromatic heterocycles. The Morgan fingerprint density at radius 1 is 1.07 bits per heavy atom. The number of nitrogens with zero attached hydrogens (tertiary/aromatic N) is 1. The van der Waals surface area contributed by atoms with Crippen molar-refractivity contribution in [2.45, 2.75) is 18.7 Å². The number of benzene rings is 2. The van der Waals surface area contributed by atoms with Gasteiger partial charge in [0.05, 0.1) is 24.2 Å². The molecule has 0 aliphatic rings. The normalized spacial score (nSPS) is 12.0. The second-order valence-electron chi connectivity index (χ2n) is 5.80. The number of nitrogens with one attached hydrogen (secondary N) is 2. The maximum atomic E-state index is 13.0. The highest BCUT2D eigenvalue weighted by Crippen LogP contribution is 2.34. The van der Waals surface area contributed by atoms with Crippen LogP contribution in [-0.2, 0) is 22.2 Å². The predicted octanol–water partition coefficient (Wildman–Crippen LogP) is 2.56. The monoisotopic (exact) mass is 391 g/mol. The Morgan fingerprint density at radius 3 is 2.32 bits per heavy atom. The fraction of sp³-hybridized carbons (Fsp3) is 0.211. The number of halogens is 3. The average molecular weight is 391 g/mol. The SMILES string of the molecule is N#CCc1ccc(NC(=O)C(=O)NCC(O)c2ccccc2C(F)(F)F)cc1. The van der Waals surface area contributed by atoms with Crippen molar-refractivity contribution >= 4 is 17.5 Å². The van der Waals surface area contributed by atoms with Crippen molar-refractivity contribution in [3.8, 4) is 6.07 Å². The average Bonchev–Trinajstić information content (AvgIpc) is 2.66. The zero-order valence-corrected chi connectivity index (χ0v) is 14.5. The number of hydrogen-bond donors (Lipinski definition) is 3. The number of hydrogen-bond acceptors (Lipinski definition) is 4. The molecule has 28 heavy (non-hydrogen) atoms. The molecule has 1 unspecified atom stereocenters. The van der Waals surface area contributed by atoms with Crippen molar-refractivity contribution in [2.75, 3.05) is 11.9 Å². The minimum absolute atomic E-state index is 0.200. The van der Waals surface area contributed by atoms with Gasteiger partial charge in [0.25, 0.3) is 0 Å². The number of alkyl halides is 3. The Hall–Kier alpha value is -3.38. The van der Waals surface area contributed by atoms with E-state index in [-0.39, 0.29) is 6.42 Å². The molecule has 9 heteroatoms. The molecule has 0 saturated heterocycles. The second kappa shape index (κ2) is 9.01. The van der Waals surface area contributed by atoms with Crippen molar-refractivity contribution in [1.29, 1.82) is 5.26 Å². The van der Waals surface area contributed by atoms with E-state index in [1.807, 2.05) is 6.07 Å². The van der Waals surface area contributed by atoms with E-state index in [2.05, 4.69) is 10.6 Å². The lowest BCUT2D eigenvalue weighted by atomic mass is 10.0. The number of anilines is 1. The van der Waals surface area contributed by atoms with Gasteiger partial charge in [-0.05, 0) is 29.3 Å². The van der Waals surface area contributed by atoms with Crippen molar-refractivity contribution < 1.29 is 27.9 Å². The Morgan fingerprint density at radius 2 is 1.71 bits per heavy atom. The Bertz CT molecular complexity index is 890. The smallest absolute Gasteiger partial charge is 0.387 e. The third kappa shape index (κ3) is 5.56. The largest absolute Gasteiger partial charge is 0.416 e. The Balaban J connectivity index is 1.94. The van der Waals surface area contributed by atoms with E-state index in [0.717, 1.165) is 17.7 Å². The summed E-state index contributed by atoms with van der Waals surface area (Å²) < 4.78 is 38.9. The van der Waals surface area contributed by atoms with Gasteiger partial charge in [0, 0.05) is 12.2 Å². The minimum atomic E-state index is -4.66. The van der Waals surface area contributed by atoms with Crippen LogP contribution in [0.15, 0.2) is 48.5 Å². The number of rotatable bonds is 5. The summed E-state index contributed by atoms with van der Waals surface area (Å²) in [5.74, 6) is -2.14. The van der Waals surface area contributed by atoms with Crippen LogP contribution in [0.2, 0.25) is 0 Å². The molecule has 146 valence electrons. The van der Waals surface area contributed by atoms with Crippen LogP contribution in [0.25, 0.3) is 0 Å². The van der Waals surface area contributed by atoms with Crippen molar-refractivity contribution in [2.24, 2.45) is 0 Å². The first-order chi connectivity index (χ1) is 13.2. The van der Waals surface area contributed by atoms with Crippen LogP contribution in [0.3, 0.4) is 0 Å². The van der Waals surface area contributed by atoms with Gasteiger partial charge in [-0.2, -0.15) is 18.4 Å². The molecule has 0 heterocycles. The first kappa shape index (κ1) is 20.9. The van der Waals surface area contributed by atoms with Crippen LogP contribution < -0.4 is 10.6 Å². The van der Waals surface area contributed by atoms with Gasteiger partial charge < -0.3 is 15.7 Å². The third-order valence-electron chi connectivity index (χ3n) is 3.78. The quantitative estimate of drug-likeness (QED) is 0.682. The lowest BCUT2D eigenvalue weighted by Crippen LogP contribution is -2.37. The zero-order chi connectivity index (χ0) is 20.7. The number of aliphatic hydroxyl groups excluding tert-OH is 1. The molecule has 2 aromatic carbocycles. The van der Waals surface area contributed by atoms with Crippen LogP contribution in [0.5, 0.6) is 0 Å². The molecule has 6 nitrogen and oxygen atoms in total. The van der Waals surface area contributed by atoms with E-state index >= 15 is 0 Å². The second-order valence-corrected chi connectivity index (χ2v) is 5.80. The highest BCUT2D eigenvalue weighted by molar-refractivity contribution is 6.39. The summed E-state index contributed by atoms with van der Waals surface area (Å²) in [6.07, 6.45) is -6.09. The maximum absolute atomic E-state index is 13.0. The van der Waals surface area contributed by atoms with Gasteiger partial charge >= 0.3 is 18.0 Å². The summed E-state index contributed by atoms with van der Waals surface area (Å²) >= 11 is 0. The maximum Gasteiger partial charge on any atom is 0.416 e. The number of aliphatic hydroxyl groups is 1. The summed E-state index contributed by atoms with van der Waals surface area (Å²) in [5.41, 5.74) is -0.372. The fourth-order valence-electron chi connectivity index (χ4n) is 2.41. The number of amides is 2. The summed E-state index contributed by atoms with van der Waals surface area (Å²) in [6.45, 7) is -0.569. The minimum Gasteiger partial charge on any atom is -0.387 e. The highest BCUT2D eigenvalue weighted by atomic mass is 19.4. The molecule has 0 radical (unpaired) electrons. The van der Waals surface area contributed by atoms with E-state index < -0.39 is 41.8 Å². The summed E-state index contributed by atoms with van der Waals surface area (Å²) in [7, 11) is 0. The number of carbonyl (C=O) groups excluding carboxylic acids is 2. The van der Waals surface area contributed by atoms with Crippen LogP contribution in [-0.4, -0.2) is 23.5 Å². The molecule has 0 spiro atoms. The lowest BCUT2D eigenvalue weighted by Gasteiger charge is -2.17.